The lowest BCUT2D eigenvalue weighted by atomic mass is 9.73. The molecule has 0 atom stereocenters. The van der Waals surface area contributed by atoms with Gasteiger partial charge < -0.3 is 10.1 Å². The number of anilines is 1. The molecule has 1 aromatic carbocycles. The number of carbonyl (C=O) groups is 3. The van der Waals surface area contributed by atoms with Gasteiger partial charge in [0.25, 0.3) is 11.5 Å². The van der Waals surface area contributed by atoms with Crippen LogP contribution in [0.25, 0.3) is 5.69 Å². The van der Waals surface area contributed by atoms with Crippen LogP contribution in [0.1, 0.15) is 75.1 Å². The van der Waals surface area contributed by atoms with Gasteiger partial charge in [-0.2, -0.15) is 4.37 Å². The molecule has 0 spiro atoms. The van der Waals surface area contributed by atoms with Crippen LogP contribution in [0.2, 0.25) is 0 Å². The first-order chi connectivity index (χ1) is 16.5. The van der Waals surface area contributed by atoms with E-state index in [1.165, 1.54) is 10.8 Å². The number of esters is 1. The Labute approximate surface area is 207 Å². The second-order valence-electron chi connectivity index (χ2n) is 9.49. The number of aromatic nitrogens is 2. The lowest BCUT2D eigenvalue weighted by molar-refractivity contribution is 0.0526. The standard InChI is InChI=1S/C26H27N3O5S/c1-6-34-25(33)20-15(3)28-35-23(20)27-22(31)21-17-11-26(4,5)12-19(30)18(17)13-29(24(21)32)16-9-7-14(2)8-10-16/h7-10,13H,6,11-12H2,1-5H3,(H,27,31). The summed E-state index contributed by atoms with van der Waals surface area (Å²) in [6.45, 7) is 9.31. The highest BCUT2D eigenvalue weighted by atomic mass is 32.1. The molecule has 0 radical (unpaired) electrons. The minimum absolute atomic E-state index is 0.106. The van der Waals surface area contributed by atoms with Crippen LogP contribution in [0.5, 0.6) is 0 Å². The van der Waals surface area contributed by atoms with Crippen molar-refractivity contribution in [3.63, 3.8) is 0 Å². The van der Waals surface area contributed by atoms with Crippen LogP contribution in [0.15, 0.2) is 35.3 Å². The molecule has 1 aliphatic rings. The van der Waals surface area contributed by atoms with Crippen molar-refractivity contribution in [3.05, 3.63) is 74.3 Å². The van der Waals surface area contributed by atoms with Crippen molar-refractivity contribution in [2.75, 3.05) is 11.9 Å². The number of hydrogen-bond donors (Lipinski definition) is 1. The van der Waals surface area contributed by atoms with Crippen LogP contribution < -0.4 is 10.9 Å². The highest BCUT2D eigenvalue weighted by molar-refractivity contribution is 7.11. The maximum Gasteiger partial charge on any atom is 0.343 e. The predicted molar refractivity (Wildman–Crippen MR) is 134 cm³/mol. The van der Waals surface area contributed by atoms with Crippen molar-refractivity contribution in [2.45, 2.75) is 47.5 Å². The molecule has 0 saturated heterocycles. The third-order valence-electron chi connectivity index (χ3n) is 6.02. The van der Waals surface area contributed by atoms with Gasteiger partial charge in [-0.15, -0.1) is 0 Å². The van der Waals surface area contributed by atoms with Crippen LogP contribution in [-0.4, -0.2) is 33.2 Å². The first-order valence-corrected chi connectivity index (χ1v) is 12.1. The van der Waals surface area contributed by atoms with Crippen molar-refractivity contribution in [3.8, 4) is 5.69 Å². The van der Waals surface area contributed by atoms with E-state index in [4.69, 9.17) is 4.74 Å². The fourth-order valence-electron chi connectivity index (χ4n) is 4.34. The Balaban J connectivity index is 1.87. The van der Waals surface area contributed by atoms with Gasteiger partial charge in [-0.05, 0) is 61.8 Å². The summed E-state index contributed by atoms with van der Waals surface area (Å²) in [4.78, 5) is 52.8. The third-order valence-corrected chi connectivity index (χ3v) is 6.88. The summed E-state index contributed by atoms with van der Waals surface area (Å²) < 4.78 is 10.6. The van der Waals surface area contributed by atoms with E-state index in [1.54, 1.807) is 26.0 Å². The van der Waals surface area contributed by atoms with Gasteiger partial charge in [0, 0.05) is 23.9 Å². The van der Waals surface area contributed by atoms with E-state index < -0.39 is 22.9 Å². The smallest absolute Gasteiger partial charge is 0.343 e. The van der Waals surface area contributed by atoms with Crippen molar-refractivity contribution < 1.29 is 19.1 Å². The summed E-state index contributed by atoms with van der Waals surface area (Å²) in [5.74, 6) is -1.41. The first-order valence-electron chi connectivity index (χ1n) is 11.4. The van der Waals surface area contributed by atoms with Gasteiger partial charge in [0.1, 0.15) is 16.1 Å². The van der Waals surface area contributed by atoms with Crippen molar-refractivity contribution in [2.24, 2.45) is 5.41 Å². The summed E-state index contributed by atoms with van der Waals surface area (Å²) in [6, 6.07) is 7.26. The Morgan fingerprint density at radius 3 is 2.46 bits per heavy atom. The summed E-state index contributed by atoms with van der Waals surface area (Å²) in [7, 11) is 0. The van der Waals surface area contributed by atoms with Crippen LogP contribution in [0.3, 0.4) is 0 Å². The van der Waals surface area contributed by atoms with E-state index in [0.717, 1.165) is 17.1 Å². The Bertz CT molecular complexity index is 1400. The third kappa shape index (κ3) is 4.68. The molecule has 0 fully saturated rings. The van der Waals surface area contributed by atoms with E-state index in [1.807, 2.05) is 32.9 Å². The van der Waals surface area contributed by atoms with Crippen molar-refractivity contribution >= 4 is 34.2 Å². The highest BCUT2D eigenvalue weighted by Crippen LogP contribution is 2.36. The van der Waals surface area contributed by atoms with E-state index in [2.05, 4.69) is 9.69 Å². The second-order valence-corrected chi connectivity index (χ2v) is 10.3. The number of amides is 1. The molecule has 3 aromatic rings. The number of ketones is 1. The zero-order valence-corrected chi connectivity index (χ0v) is 21.2. The van der Waals surface area contributed by atoms with Gasteiger partial charge in [0.2, 0.25) is 0 Å². The van der Waals surface area contributed by atoms with Gasteiger partial charge in [-0.1, -0.05) is 31.5 Å². The topological polar surface area (TPSA) is 107 Å². The summed E-state index contributed by atoms with van der Waals surface area (Å²) >= 11 is 0.941. The molecule has 182 valence electrons. The molecule has 1 N–H and O–H groups in total. The molecule has 1 amide bonds. The number of ether oxygens (including phenoxy) is 1. The highest BCUT2D eigenvalue weighted by Gasteiger charge is 2.36. The second kappa shape index (κ2) is 9.22. The molecular weight excluding hydrogens is 466 g/mol. The number of nitrogens with zero attached hydrogens (tertiary/aromatic N) is 2. The molecule has 0 aliphatic heterocycles. The Kier molecular flexibility index (Phi) is 6.46. The number of aryl methyl sites for hydroxylation is 2. The van der Waals surface area contributed by atoms with E-state index in [0.29, 0.717) is 35.3 Å². The van der Waals surface area contributed by atoms with Crippen LogP contribution >= 0.6 is 11.5 Å². The average Bonchev–Trinajstić information content (AvgIpc) is 3.13. The zero-order valence-electron chi connectivity index (χ0n) is 20.4. The molecule has 4 rings (SSSR count). The van der Waals surface area contributed by atoms with E-state index in [9.17, 15) is 19.2 Å². The minimum Gasteiger partial charge on any atom is -0.462 e. The molecule has 9 heteroatoms. The number of rotatable bonds is 5. The minimum atomic E-state index is -0.688. The van der Waals surface area contributed by atoms with Crippen molar-refractivity contribution in [1.29, 1.82) is 0 Å². The maximum atomic E-state index is 13.7. The largest absolute Gasteiger partial charge is 0.462 e. The van der Waals surface area contributed by atoms with Crippen LogP contribution in [-0.2, 0) is 11.2 Å². The predicted octanol–water partition coefficient (Wildman–Crippen LogP) is 4.49. The molecular formula is C26H27N3O5S. The lowest BCUT2D eigenvalue weighted by Gasteiger charge is -2.31. The molecule has 1 aliphatic carbocycles. The molecule has 0 unspecified atom stereocenters. The number of hydrogen-bond acceptors (Lipinski definition) is 7. The maximum absolute atomic E-state index is 13.7. The Morgan fingerprint density at radius 1 is 1.11 bits per heavy atom. The first kappa shape index (κ1) is 24.5. The number of carbonyl (C=O) groups excluding carboxylic acids is 3. The van der Waals surface area contributed by atoms with Gasteiger partial charge in [0.05, 0.1) is 12.3 Å². The number of Topliss-reactive ketones (excluding diaryl/α,β-unsaturated/α-hetero) is 1. The van der Waals surface area contributed by atoms with Crippen LogP contribution in [0.4, 0.5) is 5.00 Å². The zero-order chi connectivity index (χ0) is 25.5. The normalized spacial score (nSPS) is 14.4. The number of fused-ring (bicyclic) bond motifs is 1. The van der Waals surface area contributed by atoms with E-state index >= 15 is 0 Å². The average molecular weight is 494 g/mol. The lowest BCUT2D eigenvalue weighted by Crippen LogP contribution is -2.37. The molecule has 2 aromatic heterocycles. The van der Waals surface area contributed by atoms with Gasteiger partial charge in [0.15, 0.2) is 5.78 Å². The summed E-state index contributed by atoms with van der Waals surface area (Å²) in [5, 5.41) is 2.90. The number of pyridine rings is 1. The number of benzene rings is 1. The summed E-state index contributed by atoms with van der Waals surface area (Å²) in [6.07, 6.45) is 2.25. The van der Waals surface area contributed by atoms with Gasteiger partial charge in [-0.3, -0.25) is 19.0 Å². The molecule has 2 heterocycles. The Hall–Kier alpha value is -3.59. The van der Waals surface area contributed by atoms with Crippen molar-refractivity contribution in [1.82, 2.24) is 8.94 Å². The fourth-order valence-corrected chi connectivity index (χ4v) is 5.12. The molecule has 35 heavy (non-hydrogen) atoms. The molecule has 0 saturated carbocycles. The summed E-state index contributed by atoms with van der Waals surface area (Å²) in [5.41, 5.74) is 1.89. The van der Waals surface area contributed by atoms with Crippen LogP contribution in [0, 0.1) is 19.3 Å². The monoisotopic (exact) mass is 493 g/mol. The van der Waals surface area contributed by atoms with E-state index in [-0.39, 0.29) is 28.5 Å². The molecule has 8 nitrogen and oxygen atoms in total. The Morgan fingerprint density at radius 2 is 1.80 bits per heavy atom. The fraction of sp³-hybridized carbons (Fsp3) is 0.346. The SMILES string of the molecule is CCOC(=O)c1c(C)nsc1NC(=O)c1c2c(cn(-c3ccc(C)cc3)c1=O)C(=O)CC(C)(C)C2. The van der Waals surface area contributed by atoms with Gasteiger partial charge >= 0.3 is 5.97 Å². The quantitative estimate of drug-likeness (QED) is 0.525. The number of nitrogens with one attached hydrogen (secondary N) is 1. The molecule has 0 bridgehead atoms. The van der Waals surface area contributed by atoms with Gasteiger partial charge in [-0.25, -0.2) is 4.79 Å².